The van der Waals surface area contributed by atoms with Gasteiger partial charge in [0.25, 0.3) is 5.91 Å². The first-order chi connectivity index (χ1) is 15.9. The summed E-state index contributed by atoms with van der Waals surface area (Å²) in [7, 11) is 0. The van der Waals surface area contributed by atoms with Gasteiger partial charge >= 0.3 is 6.61 Å². The predicted octanol–water partition coefficient (Wildman–Crippen LogP) is 6.63. The van der Waals surface area contributed by atoms with Crippen molar-refractivity contribution >= 4 is 34.0 Å². The van der Waals surface area contributed by atoms with E-state index in [9.17, 15) is 18.0 Å². The number of benzene rings is 2. The number of furan rings is 1. The molecule has 0 aliphatic rings. The molecule has 2 aromatic heterocycles. The lowest BCUT2D eigenvalue weighted by atomic mass is 10.2. The van der Waals surface area contributed by atoms with Gasteiger partial charge in [-0.05, 0) is 54.6 Å². The van der Waals surface area contributed by atoms with Gasteiger partial charge in [0.05, 0.1) is 10.7 Å². The summed E-state index contributed by atoms with van der Waals surface area (Å²) >= 11 is 7.11. The number of ether oxygens (including phenoxy) is 2. The van der Waals surface area contributed by atoms with Gasteiger partial charge in [0, 0.05) is 10.9 Å². The number of aromatic nitrogens is 1. The second kappa shape index (κ2) is 9.97. The Bertz CT molecular complexity index is 1260. The van der Waals surface area contributed by atoms with Crippen LogP contribution in [-0.2, 0) is 6.61 Å². The van der Waals surface area contributed by atoms with Crippen molar-refractivity contribution in [2.75, 3.05) is 5.32 Å². The minimum Gasteiger partial charge on any atom is -0.484 e. The molecule has 0 fully saturated rings. The monoisotopic (exact) mass is 494 g/mol. The highest BCUT2D eigenvalue weighted by molar-refractivity contribution is 7.14. The lowest BCUT2D eigenvalue weighted by molar-refractivity contribution is -0.0498. The Hall–Kier alpha value is -3.50. The molecule has 170 valence electrons. The standard InChI is InChI=1S/C22H14ClF3N2O4S/c23-16-9-13(24)3-7-18(16)30-10-15-6-8-19(31-15)20(29)28-22-27-17(11-33-22)12-1-4-14(5-2-12)32-21(25)26/h1-9,11,21H,10H2,(H,27,28,29). The SMILES string of the molecule is O=C(Nc1nc(-c2ccc(OC(F)F)cc2)cs1)c1ccc(COc2ccc(F)cc2Cl)o1. The van der Waals surface area contributed by atoms with Crippen LogP contribution in [0.25, 0.3) is 11.3 Å². The highest BCUT2D eigenvalue weighted by atomic mass is 35.5. The van der Waals surface area contributed by atoms with Crippen LogP contribution in [0, 0.1) is 5.82 Å². The number of carbonyl (C=O) groups excluding carboxylic acids is 1. The third kappa shape index (κ3) is 5.85. The molecule has 1 N–H and O–H groups in total. The molecular weight excluding hydrogens is 481 g/mol. The zero-order chi connectivity index (χ0) is 23.4. The zero-order valence-corrected chi connectivity index (χ0v) is 18.1. The summed E-state index contributed by atoms with van der Waals surface area (Å²) in [4.78, 5) is 16.8. The molecule has 2 aromatic carbocycles. The van der Waals surface area contributed by atoms with E-state index in [2.05, 4.69) is 15.0 Å². The van der Waals surface area contributed by atoms with E-state index in [4.69, 9.17) is 20.8 Å². The highest BCUT2D eigenvalue weighted by Gasteiger charge is 2.15. The molecule has 0 spiro atoms. The fourth-order valence-electron chi connectivity index (χ4n) is 2.75. The molecule has 33 heavy (non-hydrogen) atoms. The van der Waals surface area contributed by atoms with Gasteiger partial charge in [0.2, 0.25) is 0 Å². The van der Waals surface area contributed by atoms with Crippen LogP contribution >= 0.6 is 22.9 Å². The van der Waals surface area contributed by atoms with Crippen molar-refractivity contribution in [3.63, 3.8) is 0 Å². The Kier molecular flexibility index (Phi) is 6.85. The third-order valence-corrected chi connectivity index (χ3v) is 5.30. The Morgan fingerprint density at radius 2 is 1.94 bits per heavy atom. The van der Waals surface area contributed by atoms with E-state index in [0.29, 0.717) is 22.1 Å². The Labute approximate surface area is 194 Å². The minimum atomic E-state index is -2.90. The van der Waals surface area contributed by atoms with E-state index in [0.717, 1.165) is 6.07 Å². The van der Waals surface area contributed by atoms with Crippen molar-refractivity contribution < 1.29 is 31.9 Å². The molecule has 0 aliphatic carbocycles. The second-order valence-electron chi connectivity index (χ2n) is 6.52. The Morgan fingerprint density at radius 3 is 2.67 bits per heavy atom. The van der Waals surface area contributed by atoms with Crippen molar-refractivity contribution in [2.45, 2.75) is 13.2 Å². The number of anilines is 1. The Morgan fingerprint density at radius 1 is 1.15 bits per heavy atom. The lowest BCUT2D eigenvalue weighted by Crippen LogP contribution is -2.10. The first kappa shape index (κ1) is 22.7. The van der Waals surface area contributed by atoms with Crippen molar-refractivity contribution in [3.05, 3.63) is 82.3 Å². The van der Waals surface area contributed by atoms with Gasteiger partial charge in [0.1, 0.15) is 29.7 Å². The average Bonchev–Trinajstić information content (AvgIpc) is 3.43. The number of alkyl halides is 2. The summed E-state index contributed by atoms with van der Waals surface area (Å²) < 4.78 is 52.9. The molecule has 1 amide bonds. The van der Waals surface area contributed by atoms with E-state index >= 15 is 0 Å². The van der Waals surface area contributed by atoms with Crippen molar-refractivity contribution in [1.82, 2.24) is 4.98 Å². The van der Waals surface area contributed by atoms with Crippen molar-refractivity contribution in [2.24, 2.45) is 0 Å². The number of carbonyl (C=O) groups is 1. The molecule has 2 heterocycles. The van der Waals surface area contributed by atoms with Gasteiger partial charge in [-0.3, -0.25) is 10.1 Å². The maximum Gasteiger partial charge on any atom is 0.387 e. The van der Waals surface area contributed by atoms with Crippen LogP contribution in [-0.4, -0.2) is 17.5 Å². The number of hydrogen-bond donors (Lipinski definition) is 1. The fourth-order valence-corrected chi connectivity index (χ4v) is 3.68. The molecule has 6 nitrogen and oxygen atoms in total. The summed E-state index contributed by atoms with van der Waals surface area (Å²) in [6.45, 7) is -2.91. The van der Waals surface area contributed by atoms with E-state index in [1.54, 1.807) is 23.6 Å². The van der Waals surface area contributed by atoms with Crippen LogP contribution in [0.1, 0.15) is 16.3 Å². The van der Waals surface area contributed by atoms with E-state index in [-0.39, 0.29) is 28.9 Å². The summed E-state index contributed by atoms with van der Waals surface area (Å²) in [5.74, 6) is -0.257. The smallest absolute Gasteiger partial charge is 0.387 e. The largest absolute Gasteiger partial charge is 0.484 e. The Balaban J connectivity index is 1.35. The molecule has 0 saturated heterocycles. The van der Waals surface area contributed by atoms with Crippen LogP contribution in [0.2, 0.25) is 5.02 Å². The van der Waals surface area contributed by atoms with E-state index in [1.165, 1.54) is 41.7 Å². The van der Waals surface area contributed by atoms with Gasteiger partial charge < -0.3 is 13.9 Å². The normalized spacial score (nSPS) is 10.9. The van der Waals surface area contributed by atoms with Gasteiger partial charge in [-0.2, -0.15) is 8.78 Å². The molecule has 0 aliphatic heterocycles. The first-order valence-corrected chi connectivity index (χ1v) is 10.6. The van der Waals surface area contributed by atoms with Crippen LogP contribution in [0.4, 0.5) is 18.3 Å². The van der Waals surface area contributed by atoms with E-state index in [1.807, 2.05) is 0 Å². The second-order valence-corrected chi connectivity index (χ2v) is 7.79. The van der Waals surface area contributed by atoms with Crippen LogP contribution in [0.15, 0.2) is 64.4 Å². The molecule has 0 bridgehead atoms. The summed E-state index contributed by atoms with van der Waals surface area (Å²) in [6.07, 6.45) is 0. The van der Waals surface area contributed by atoms with Gasteiger partial charge in [-0.1, -0.05) is 11.6 Å². The highest BCUT2D eigenvalue weighted by Crippen LogP contribution is 2.28. The van der Waals surface area contributed by atoms with Gasteiger partial charge in [-0.15, -0.1) is 11.3 Å². The maximum absolute atomic E-state index is 13.1. The molecule has 0 unspecified atom stereocenters. The molecule has 4 aromatic rings. The average molecular weight is 495 g/mol. The van der Waals surface area contributed by atoms with E-state index < -0.39 is 18.3 Å². The fraction of sp³-hybridized carbons (Fsp3) is 0.0909. The molecular formula is C22H14ClF3N2O4S. The number of rotatable bonds is 8. The van der Waals surface area contributed by atoms with Crippen molar-refractivity contribution in [1.29, 1.82) is 0 Å². The number of nitrogens with zero attached hydrogens (tertiary/aromatic N) is 1. The van der Waals surface area contributed by atoms with Crippen LogP contribution in [0.5, 0.6) is 11.5 Å². The van der Waals surface area contributed by atoms with Gasteiger partial charge in [-0.25, -0.2) is 9.37 Å². The number of hydrogen-bond acceptors (Lipinski definition) is 6. The molecule has 11 heteroatoms. The molecule has 0 saturated carbocycles. The van der Waals surface area contributed by atoms with Crippen molar-refractivity contribution in [3.8, 4) is 22.8 Å². The maximum atomic E-state index is 13.1. The quantitative estimate of drug-likeness (QED) is 0.297. The number of amides is 1. The number of halogens is 4. The lowest BCUT2D eigenvalue weighted by Gasteiger charge is -2.06. The topological polar surface area (TPSA) is 73.6 Å². The predicted molar refractivity (Wildman–Crippen MR) is 117 cm³/mol. The zero-order valence-electron chi connectivity index (χ0n) is 16.6. The minimum absolute atomic E-state index is 0.00863. The first-order valence-electron chi connectivity index (χ1n) is 9.36. The summed E-state index contributed by atoms with van der Waals surface area (Å²) in [5.41, 5.74) is 1.23. The molecule has 0 radical (unpaired) electrons. The molecule has 0 atom stereocenters. The molecule has 4 rings (SSSR count). The number of thiazole rings is 1. The summed E-state index contributed by atoms with van der Waals surface area (Å²) in [5, 5.41) is 4.80. The van der Waals surface area contributed by atoms with Gasteiger partial charge in [0.15, 0.2) is 10.9 Å². The summed E-state index contributed by atoms with van der Waals surface area (Å²) in [6, 6.07) is 12.8. The third-order valence-electron chi connectivity index (χ3n) is 4.25. The number of nitrogens with one attached hydrogen (secondary N) is 1. The van der Waals surface area contributed by atoms with Crippen LogP contribution < -0.4 is 14.8 Å². The van der Waals surface area contributed by atoms with Crippen LogP contribution in [0.3, 0.4) is 0 Å².